The lowest BCUT2D eigenvalue weighted by molar-refractivity contribution is 0.976. The Balaban J connectivity index is 3.41. The van der Waals surface area contributed by atoms with Gasteiger partial charge in [-0.3, -0.25) is 9.78 Å². The summed E-state index contributed by atoms with van der Waals surface area (Å²) in [5.41, 5.74) is 0.828. The Morgan fingerprint density at radius 2 is 2.25 bits per heavy atom. The molecule has 0 aromatic carbocycles. The van der Waals surface area contributed by atoms with Crippen molar-refractivity contribution in [3.63, 3.8) is 0 Å². The van der Waals surface area contributed by atoms with Crippen LogP contribution in [0.5, 0.6) is 0 Å². The van der Waals surface area contributed by atoms with Crippen molar-refractivity contribution in [2.45, 2.75) is 13.3 Å². The summed E-state index contributed by atoms with van der Waals surface area (Å²) < 4.78 is 0.291. The highest BCUT2D eigenvalue weighted by Gasteiger charge is 2.02. The van der Waals surface area contributed by atoms with Crippen LogP contribution in [-0.4, -0.2) is 9.97 Å². The van der Waals surface area contributed by atoms with E-state index in [9.17, 15) is 4.79 Å². The molecule has 0 aliphatic carbocycles. The maximum Gasteiger partial charge on any atom is 0.256 e. The first kappa shape index (κ1) is 8.68. The Bertz CT molecular complexity index is 437. The van der Waals surface area contributed by atoms with Crippen LogP contribution in [0.15, 0.2) is 4.79 Å². The van der Waals surface area contributed by atoms with E-state index >= 15 is 0 Å². The van der Waals surface area contributed by atoms with Crippen LogP contribution >= 0.6 is 12.2 Å². The first-order valence-corrected chi connectivity index (χ1v) is 3.75. The van der Waals surface area contributed by atoms with Gasteiger partial charge in [-0.25, -0.2) is 0 Å². The Kier molecular flexibility index (Phi) is 2.41. The minimum atomic E-state index is -0.280. The second-order valence-electron chi connectivity index (χ2n) is 2.35. The van der Waals surface area contributed by atoms with Gasteiger partial charge in [0, 0.05) is 5.69 Å². The van der Waals surface area contributed by atoms with E-state index in [4.69, 9.17) is 17.5 Å². The molecule has 0 unspecified atom stereocenters. The first-order valence-electron chi connectivity index (χ1n) is 3.34. The van der Waals surface area contributed by atoms with Gasteiger partial charge in [-0.1, -0.05) is 0 Å². The highest BCUT2D eigenvalue weighted by molar-refractivity contribution is 7.71. The van der Waals surface area contributed by atoms with Gasteiger partial charge in [-0.05, 0) is 19.1 Å². The summed E-state index contributed by atoms with van der Waals surface area (Å²) in [5.74, 6) is 0. The van der Waals surface area contributed by atoms with Crippen LogP contribution in [0.4, 0.5) is 0 Å². The quantitative estimate of drug-likeness (QED) is 0.629. The van der Waals surface area contributed by atoms with Gasteiger partial charge in [-0.15, -0.1) is 0 Å². The third kappa shape index (κ3) is 1.60. The largest absolute Gasteiger partial charge is 0.336 e. The summed E-state index contributed by atoms with van der Waals surface area (Å²) in [6.07, 6.45) is 0.104. The van der Waals surface area contributed by atoms with Crippen molar-refractivity contribution in [2.75, 3.05) is 0 Å². The summed E-state index contributed by atoms with van der Waals surface area (Å²) in [6.45, 7) is 1.72. The molecule has 0 aliphatic rings. The van der Waals surface area contributed by atoms with Crippen LogP contribution in [0.3, 0.4) is 0 Å². The fourth-order valence-corrected chi connectivity index (χ4v) is 1.16. The molecule has 5 heteroatoms. The SMILES string of the molecule is Cc1[nH]c(=S)[nH]c(=O)c1CC#N. The molecule has 1 rings (SSSR count). The number of hydrogen-bond donors (Lipinski definition) is 2. The van der Waals surface area contributed by atoms with Gasteiger partial charge >= 0.3 is 0 Å². The van der Waals surface area contributed by atoms with Crippen molar-refractivity contribution >= 4 is 12.2 Å². The maximum absolute atomic E-state index is 11.2. The standard InChI is InChI=1S/C7H7N3OS/c1-4-5(2-3-8)6(11)10-7(12)9-4/h2H2,1H3,(H2,9,10,11,12). The van der Waals surface area contributed by atoms with Crippen LogP contribution in [0.25, 0.3) is 0 Å². The zero-order valence-electron chi connectivity index (χ0n) is 6.47. The number of rotatable bonds is 1. The average molecular weight is 181 g/mol. The number of aryl methyl sites for hydroxylation is 1. The Labute approximate surface area is 73.9 Å². The highest BCUT2D eigenvalue weighted by Crippen LogP contribution is 1.96. The van der Waals surface area contributed by atoms with Crippen molar-refractivity contribution in [2.24, 2.45) is 0 Å². The van der Waals surface area contributed by atoms with Crippen LogP contribution in [0, 0.1) is 23.0 Å². The van der Waals surface area contributed by atoms with Crippen LogP contribution < -0.4 is 5.56 Å². The molecule has 1 aromatic heterocycles. The van der Waals surface area contributed by atoms with Crippen molar-refractivity contribution in [1.82, 2.24) is 9.97 Å². The number of nitrogens with zero attached hydrogens (tertiary/aromatic N) is 1. The molecule has 0 radical (unpaired) electrons. The van der Waals surface area contributed by atoms with Gasteiger partial charge in [0.25, 0.3) is 5.56 Å². The van der Waals surface area contributed by atoms with Gasteiger partial charge in [0.15, 0.2) is 4.77 Å². The molecule has 0 spiro atoms. The molecule has 2 N–H and O–H groups in total. The summed E-state index contributed by atoms with van der Waals surface area (Å²) >= 11 is 4.74. The monoisotopic (exact) mass is 181 g/mol. The summed E-state index contributed by atoms with van der Waals surface area (Å²) in [6, 6.07) is 1.91. The third-order valence-electron chi connectivity index (χ3n) is 1.51. The van der Waals surface area contributed by atoms with Gasteiger partial charge < -0.3 is 4.98 Å². The Morgan fingerprint density at radius 3 is 2.75 bits per heavy atom. The minimum absolute atomic E-state index is 0.104. The molecular weight excluding hydrogens is 174 g/mol. The van der Waals surface area contributed by atoms with E-state index in [0.717, 1.165) is 0 Å². The molecule has 1 aromatic rings. The number of aromatic nitrogens is 2. The summed E-state index contributed by atoms with van der Waals surface area (Å²) in [7, 11) is 0. The van der Waals surface area contributed by atoms with E-state index in [1.165, 1.54) is 0 Å². The molecule has 1 heterocycles. The lowest BCUT2D eigenvalue weighted by Gasteiger charge is -1.98. The normalized spacial score (nSPS) is 9.33. The van der Waals surface area contributed by atoms with Crippen molar-refractivity contribution in [3.8, 4) is 6.07 Å². The van der Waals surface area contributed by atoms with E-state index in [0.29, 0.717) is 16.0 Å². The number of nitriles is 1. The van der Waals surface area contributed by atoms with Crippen LogP contribution in [0.1, 0.15) is 11.3 Å². The zero-order valence-corrected chi connectivity index (χ0v) is 7.29. The molecule has 0 amide bonds. The summed E-state index contributed by atoms with van der Waals surface area (Å²) in [5, 5.41) is 8.40. The number of hydrogen-bond acceptors (Lipinski definition) is 3. The fourth-order valence-electron chi connectivity index (χ4n) is 0.918. The lowest BCUT2D eigenvalue weighted by atomic mass is 10.2. The van der Waals surface area contributed by atoms with Gasteiger partial charge in [0.1, 0.15) is 0 Å². The minimum Gasteiger partial charge on any atom is -0.336 e. The predicted octanol–water partition coefficient (Wildman–Crippen LogP) is 0.807. The van der Waals surface area contributed by atoms with E-state index in [1.807, 2.05) is 6.07 Å². The fraction of sp³-hybridized carbons (Fsp3) is 0.286. The lowest BCUT2D eigenvalue weighted by Crippen LogP contribution is -2.15. The third-order valence-corrected chi connectivity index (χ3v) is 1.71. The van der Waals surface area contributed by atoms with Gasteiger partial charge in [0.2, 0.25) is 0 Å². The number of H-pyrrole nitrogens is 2. The van der Waals surface area contributed by atoms with E-state index in [2.05, 4.69) is 9.97 Å². The first-order chi connectivity index (χ1) is 5.65. The molecule has 0 aliphatic heterocycles. The smallest absolute Gasteiger partial charge is 0.256 e. The predicted molar refractivity (Wildman–Crippen MR) is 46.3 cm³/mol. The van der Waals surface area contributed by atoms with E-state index in [-0.39, 0.29) is 12.0 Å². The molecule has 0 fully saturated rings. The average Bonchev–Trinajstić information content (AvgIpc) is 1.96. The molecule has 0 bridgehead atoms. The molecule has 62 valence electrons. The molecule has 4 nitrogen and oxygen atoms in total. The molecular formula is C7H7N3OS. The van der Waals surface area contributed by atoms with Crippen LogP contribution in [-0.2, 0) is 6.42 Å². The topological polar surface area (TPSA) is 72.4 Å². The molecule has 0 atom stereocenters. The molecule has 12 heavy (non-hydrogen) atoms. The van der Waals surface area contributed by atoms with Crippen LogP contribution in [0.2, 0.25) is 0 Å². The Morgan fingerprint density at radius 1 is 1.58 bits per heavy atom. The molecule has 0 saturated carbocycles. The maximum atomic E-state index is 11.2. The number of nitrogens with one attached hydrogen (secondary N) is 2. The van der Waals surface area contributed by atoms with Crippen molar-refractivity contribution < 1.29 is 0 Å². The van der Waals surface area contributed by atoms with Gasteiger partial charge in [-0.2, -0.15) is 5.26 Å². The second kappa shape index (κ2) is 3.32. The second-order valence-corrected chi connectivity index (χ2v) is 2.75. The Hall–Kier alpha value is -1.41. The van der Waals surface area contributed by atoms with Crippen molar-refractivity contribution in [3.05, 3.63) is 26.4 Å². The van der Waals surface area contributed by atoms with Gasteiger partial charge in [0.05, 0.1) is 18.1 Å². The zero-order chi connectivity index (χ0) is 9.14. The number of aromatic amines is 2. The molecule has 0 saturated heterocycles. The van der Waals surface area contributed by atoms with E-state index in [1.54, 1.807) is 6.92 Å². The van der Waals surface area contributed by atoms with E-state index < -0.39 is 0 Å². The summed E-state index contributed by atoms with van der Waals surface area (Å²) in [4.78, 5) is 16.3. The van der Waals surface area contributed by atoms with Crippen molar-refractivity contribution in [1.29, 1.82) is 5.26 Å². The highest BCUT2D eigenvalue weighted by atomic mass is 32.1.